The summed E-state index contributed by atoms with van der Waals surface area (Å²) < 4.78 is 6.89. The molecule has 0 bridgehead atoms. The first-order chi connectivity index (χ1) is 13.6. The number of aromatic nitrogens is 1. The average Bonchev–Trinajstić information content (AvgIpc) is 2.72. The Balaban J connectivity index is 1.65. The predicted molar refractivity (Wildman–Crippen MR) is 107 cm³/mol. The maximum Gasteiger partial charge on any atom is 0.265 e. The van der Waals surface area contributed by atoms with Crippen LogP contribution in [0.5, 0.6) is 5.75 Å². The fourth-order valence-electron chi connectivity index (χ4n) is 3.44. The van der Waals surface area contributed by atoms with Crippen molar-refractivity contribution in [3.63, 3.8) is 0 Å². The molecule has 1 aliphatic rings. The minimum Gasteiger partial charge on any atom is -0.482 e. The minimum absolute atomic E-state index is 0.00672. The minimum atomic E-state index is -0.199. The van der Waals surface area contributed by atoms with Gasteiger partial charge in [-0.2, -0.15) is 0 Å². The molecule has 3 aromatic rings. The van der Waals surface area contributed by atoms with Crippen molar-refractivity contribution in [2.24, 2.45) is 0 Å². The van der Waals surface area contributed by atoms with Crippen molar-refractivity contribution in [1.82, 2.24) is 4.57 Å². The van der Waals surface area contributed by atoms with Gasteiger partial charge in [-0.15, -0.1) is 0 Å². The maximum absolute atomic E-state index is 12.8. The van der Waals surface area contributed by atoms with Crippen molar-refractivity contribution in [2.45, 2.75) is 19.9 Å². The molecule has 0 atom stereocenters. The van der Waals surface area contributed by atoms with E-state index >= 15 is 0 Å². The number of hydrogen-bond acceptors (Lipinski definition) is 4. The lowest BCUT2D eigenvalue weighted by molar-refractivity contribution is -0.121. The van der Waals surface area contributed by atoms with Crippen LogP contribution in [-0.4, -0.2) is 29.4 Å². The Kier molecular flexibility index (Phi) is 4.69. The summed E-state index contributed by atoms with van der Waals surface area (Å²) in [6.07, 6.45) is 2.44. The Morgan fingerprint density at radius 1 is 1.11 bits per heavy atom. The number of benzene rings is 2. The molecule has 0 spiro atoms. The standard InChI is InChI=1S/C22H20N2O4/c1-2-10-24-18-12-16(7-8-20(18)28-14-21(24)26)19(25)13-23-11-9-15-5-3-4-6-17(15)22(23)27/h3-9,11-12H,2,10,13-14H2,1H3. The smallest absolute Gasteiger partial charge is 0.265 e. The van der Waals surface area contributed by atoms with Gasteiger partial charge in [0.25, 0.3) is 11.5 Å². The molecule has 0 fully saturated rings. The van der Waals surface area contributed by atoms with E-state index in [-0.39, 0.29) is 30.4 Å². The third-order valence-corrected chi connectivity index (χ3v) is 4.87. The molecule has 1 aromatic heterocycles. The Hall–Kier alpha value is -3.41. The lowest BCUT2D eigenvalue weighted by atomic mass is 10.1. The summed E-state index contributed by atoms with van der Waals surface area (Å²) in [7, 11) is 0. The van der Waals surface area contributed by atoms with Crippen molar-refractivity contribution in [1.29, 1.82) is 0 Å². The zero-order valence-electron chi connectivity index (χ0n) is 15.6. The summed E-state index contributed by atoms with van der Waals surface area (Å²) in [5, 5.41) is 1.42. The van der Waals surface area contributed by atoms with E-state index in [2.05, 4.69) is 0 Å². The van der Waals surface area contributed by atoms with Crippen molar-refractivity contribution >= 4 is 28.2 Å². The van der Waals surface area contributed by atoms with Crippen molar-refractivity contribution in [3.05, 3.63) is 70.6 Å². The van der Waals surface area contributed by atoms with E-state index in [4.69, 9.17) is 4.74 Å². The Bertz CT molecular complexity index is 1130. The maximum atomic E-state index is 12.8. The first-order valence-corrected chi connectivity index (χ1v) is 9.27. The lowest BCUT2D eigenvalue weighted by Gasteiger charge is -2.29. The van der Waals surface area contributed by atoms with Gasteiger partial charge in [-0.3, -0.25) is 14.4 Å². The molecule has 0 radical (unpaired) electrons. The number of carbonyl (C=O) groups excluding carboxylic acids is 2. The third kappa shape index (κ3) is 3.17. The molecule has 4 rings (SSSR count). The van der Waals surface area contributed by atoms with Crippen molar-refractivity contribution < 1.29 is 14.3 Å². The third-order valence-electron chi connectivity index (χ3n) is 4.87. The highest BCUT2D eigenvalue weighted by Crippen LogP contribution is 2.33. The second-order valence-corrected chi connectivity index (χ2v) is 6.78. The van der Waals surface area contributed by atoms with Gasteiger partial charge in [-0.25, -0.2) is 0 Å². The number of ketones is 1. The number of pyridine rings is 1. The quantitative estimate of drug-likeness (QED) is 0.642. The van der Waals surface area contributed by atoms with Crippen LogP contribution in [0.3, 0.4) is 0 Å². The molecular formula is C22H20N2O4. The zero-order chi connectivity index (χ0) is 19.7. The summed E-state index contributed by atoms with van der Waals surface area (Å²) in [6.45, 7) is 2.50. The molecule has 0 unspecified atom stereocenters. The number of Topliss-reactive ketones (excluding diaryl/α,β-unsaturated/α-hetero) is 1. The predicted octanol–water partition coefficient (Wildman–Crippen LogP) is 3.02. The van der Waals surface area contributed by atoms with E-state index in [9.17, 15) is 14.4 Å². The number of hydrogen-bond donors (Lipinski definition) is 0. The van der Waals surface area contributed by atoms with Crippen LogP contribution >= 0.6 is 0 Å². The molecule has 2 aromatic carbocycles. The lowest BCUT2D eigenvalue weighted by Crippen LogP contribution is -2.39. The van der Waals surface area contributed by atoms with E-state index in [0.29, 0.717) is 28.9 Å². The van der Waals surface area contributed by atoms with Crippen LogP contribution < -0.4 is 15.2 Å². The molecule has 6 nitrogen and oxygen atoms in total. The molecule has 2 heterocycles. The molecule has 0 saturated heterocycles. The summed E-state index contributed by atoms with van der Waals surface area (Å²) in [4.78, 5) is 39.3. The van der Waals surface area contributed by atoms with Gasteiger partial charge in [0, 0.05) is 23.7 Å². The molecule has 0 aliphatic carbocycles. The van der Waals surface area contributed by atoms with E-state index in [1.165, 1.54) is 4.57 Å². The summed E-state index contributed by atoms with van der Waals surface area (Å²) >= 11 is 0. The van der Waals surface area contributed by atoms with Crippen molar-refractivity contribution in [2.75, 3.05) is 18.1 Å². The summed E-state index contributed by atoms with van der Waals surface area (Å²) in [6, 6.07) is 14.2. The number of carbonyl (C=O) groups is 2. The van der Waals surface area contributed by atoms with Gasteiger partial charge in [-0.1, -0.05) is 25.1 Å². The number of rotatable bonds is 5. The van der Waals surface area contributed by atoms with Crippen molar-refractivity contribution in [3.8, 4) is 5.75 Å². The van der Waals surface area contributed by atoms with Gasteiger partial charge in [0.15, 0.2) is 12.4 Å². The number of fused-ring (bicyclic) bond motifs is 2. The van der Waals surface area contributed by atoms with Crippen LogP contribution in [0.15, 0.2) is 59.5 Å². The van der Waals surface area contributed by atoms with E-state index < -0.39 is 0 Å². The molecule has 1 aliphatic heterocycles. The molecular weight excluding hydrogens is 356 g/mol. The molecule has 0 N–H and O–H groups in total. The first-order valence-electron chi connectivity index (χ1n) is 9.27. The van der Waals surface area contributed by atoms with Gasteiger partial charge in [0.1, 0.15) is 5.75 Å². The average molecular weight is 376 g/mol. The molecule has 1 amide bonds. The Morgan fingerprint density at radius 3 is 2.75 bits per heavy atom. The second-order valence-electron chi connectivity index (χ2n) is 6.78. The SMILES string of the molecule is CCCN1C(=O)COc2ccc(C(=O)Cn3ccc4ccccc4c3=O)cc21. The fourth-order valence-corrected chi connectivity index (χ4v) is 3.44. The molecule has 0 saturated carbocycles. The number of nitrogens with zero attached hydrogens (tertiary/aromatic N) is 2. The summed E-state index contributed by atoms with van der Waals surface area (Å²) in [5.74, 6) is 0.270. The summed E-state index contributed by atoms with van der Waals surface area (Å²) in [5.41, 5.74) is 0.851. The van der Waals surface area contributed by atoms with Gasteiger partial charge in [0.2, 0.25) is 0 Å². The van der Waals surface area contributed by atoms with Gasteiger partial charge < -0.3 is 14.2 Å². The molecule has 6 heteroatoms. The van der Waals surface area contributed by atoms with Crippen LogP contribution in [0.2, 0.25) is 0 Å². The largest absolute Gasteiger partial charge is 0.482 e. The topological polar surface area (TPSA) is 68.6 Å². The highest BCUT2D eigenvalue weighted by Gasteiger charge is 2.26. The Labute approximate surface area is 162 Å². The fraction of sp³-hybridized carbons (Fsp3) is 0.227. The van der Waals surface area contributed by atoms with E-state index in [0.717, 1.165) is 11.8 Å². The molecule has 28 heavy (non-hydrogen) atoms. The van der Waals surface area contributed by atoms with E-state index in [1.807, 2.05) is 25.1 Å². The van der Waals surface area contributed by atoms with Crippen LogP contribution in [0.4, 0.5) is 5.69 Å². The first kappa shape index (κ1) is 18.0. The highest BCUT2D eigenvalue weighted by atomic mass is 16.5. The van der Waals surface area contributed by atoms with Gasteiger partial charge >= 0.3 is 0 Å². The number of amides is 1. The number of anilines is 1. The normalized spacial score (nSPS) is 13.3. The van der Waals surface area contributed by atoms with Gasteiger partial charge in [-0.05, 0) is 42.1 Å². The zero-order valence-corrected chi connectivity index (χ0v) is 15.6. The van der Waals surface area contributed by atoms with Crippen LogP contribution in [0.25, 0.3) is 10.8 Å². The van der Waals surface area contributed by atoms with Gasteiger partial charge in [0.05, 0.1) is 12.2 Å². The van der Waals surface area contributed by atoms with Crippen LogP contribution in [-0.2, 0) is 11.3 Å². The monoisotopic (exact) mass is 376 g/mol. The highest BCUT2D eigenvalue weighted by molar-refractivity contribution is 6.02. The van der Waals surface area contributed by atoms with E-state index in [1.54, 1.807) is 41.4 Å². The second kappa shape index (κ2) is 7.31. The van der Waals surface area contributed by atoms with Crippen LogP contribution in [0.1, 0.15) is 23.7 Å². The molecule has 142 valence electrons. The van der Waals surface area contributed by atoms with Crippen LogP contribution in [0, 0.1) is 0 Å². The number of ether oxygens (including phenoxy) is 1. The Morgan fingerprint density at radius 2 is 1.93 bits per heavy atom.